The maximum Gasteiger partial charge on any atom is 0.149 e. The molecule has 2 aromatic rings. The van der Waals surface area contributed by atoms with Crippen LogP contribution in [-0.2, 0) is 17.8 Å². The molecule has 3 heterocycles. The minimum absolute atomic E-state index is 0.163. The van der Waals surface area contributed by atoms with Crippen molar-refractivity contribution in [2.24, 2.45) is 11.1 Å². The molecule has 2 atom stereocenters. The number of hydrogen-bond acceptors (Lipinski definition) is 5. The van der Waals surface area contributed by atoms with Crippen molar-refractivity contribution in [1.29, 1.82) is 0 Å². The van der Waals surface area contributed by atoms with Gasteiger partial charge in [-0.25, -0.2) is 9.97 Å². The van der Waals surface area contributed by atoms with Gasteiger partial charge in [-0.3, -0.25) is 4.90 Å². The molecule has 0 unspecified atom stereocenters. The molecule has 2 aliphatic rings. The van der Waals surface area contributed by atoms with E-state index in [1.807, 2.05) is 12.4 Å². The molecule has 124 valence electrons. The summed E-state index contributed by atoms with van der Waals surface area (Å²) in [5, 5.41) is 4.36. The third-order valence-electron chi connectivity index (χ3n) is 4.77. The molecule has 0 aliphatic carbocycles. The molecule has 2 aliphatic heterocycles. The normalized spacial score (nSPS) is 23.0. The first kappa shape index (κ1) is 15.3. The molecule has 5 heteroatoms. The number of aryl methyl sites for hydroxylation is 2. The lowest BCUT2D eigenvalue weighted by atomic mass is 9.94. The molecule has 1 aromatic carbocycles. The van der Waals surface area contributed by atoms with Crippen molar-refractivity contribution >= 4 is 5.71 Å². The fourth-order valence-electron chi connectivity index (χ4n) is 3.52. The second-order valence-electron chi connectivity index (χ2n) is 6.65. The number of benzene rings is 1. The van der Waals surface area contributed by atoms with Crippen LogP contribution in [-0.4, -0.2) is 39.8 Å². The van der Waals surface area contributed by atoms with Gasteiger partial charge in [0.25, 0.3) is 0 Å². The summed E-state index contributed by atoms with van der Waals surface area (Å²) in [6.07, 6.45) is 4.92. The highest BCUT2D eigenvalue weighted by Crippen LogP contribution is 2.31. The van der Waals surface area contributed by atoms with Gasteiger partial charge in [0.2, 0.25) is 0 Å². The Bertz CT molecular complexity index is 756. The van der Waals surface area contributed by atoms with E-state index in [9.17, 15) is 0 Å². The van der Waals surface area contributed by atoms with E-state index < -0.39 is 0 Å². The van der Waals surface area contributed by atoms with Crippen molar-refractivity contribution < 1.29 is 4.84 Å². The van der Waals surface area contributed by atoms with Crippen LogP contribution in [0.25, 0.3) is 0 Å². The Morgan fingerprint density at radius 2 is 2.04 bits per heavy atom. The highest BCUT2D eigenvalue weighted by molar-refractivity contribution is 6.03. The zero-order valence-electron chi connectivity index (χ0n) is 14.1. The molecule has 5 nitrogen and oxygen atoms in total. The van der Waals surface area contributed by atoms with Gasteiger partial charge in [-0.2, -0.15) is 0 Å². The molecule has 4 rings (SSSR count). The number of hydrogen-bond donors (Lipinski definition) is 0. The molecule has 1 saturated heterocycles. The van der Waals surface area contributed by atoms with Crippen LogP contribution in [0, 0.1) is 12.8 Å². The number of oxime groups is 1. The molecule has 0 radical (unpaired) electrons. The number of likely N-dealkylation sites (tertiary alicyclic amines) is 1. The predicted molar refractivity (Wildman–Crippen MR) is 92.8 cm³/mol. The number of nitrogens with zero attached hydrogens (tertiary/aromatic N) is 4. The SMILES string of the molecule is CCc1ncc(CN2C[C@@H]3ON=C(c4cccc(C)c4)[C@@H]3C2)cn1. The summed E-state index contributed by atoms with van der Waals surface area (Å²) in [7, 11) is 0. The van der Waals surface area contributed by atoms with Crippen molar-refractivity contribution in [3.8, 4) is 0 Å². The van der Waals surface area contributed by atoms with E-state index in [0.717, 1.165) is 43.2 Å². The number of rotatable bonds is 4. The fraction of sp³-hybridized carbons (Fsp3) is 0.421. The Labute approximate surface area is 142 Å². The highest BCUT2D eigenvalue weighted by Gasteiger charge is 2.42. The summed E-state index contributed by atoms with van der Waals surface area (Å²) < 4.78 is 0. The van der Waals surface area contributed by atoms with Crippen LogP contribution in [0.4, 0.5) is 0 Å². The Morgan fingerprint density at radius 3 is 2.79 bits per heavy atom. The molecule has 0 saturated carbocycles. The Balaban J connectivity index is 1.45. The first-order chi connectivity index (χ1) is 11.7. The Morgan fingerprint density at radius 1 is 1.21 bits per heavy atom. The van der Waals surface area contributed by atoms with Crippen LogP contribution in [0.1, 0.15) is 29.4 Å². The summed E-state index contributed by atoms with van der Waals surface area (Å²) in [4.78, 5) is 16.9. The first-order valence-corrected chi connectivity index (χ1v) is 8.56. The van der Waals surface area contributed by atoms with E-state index in [2.05, 4.69) is 58.1 Å². The zero-order valence-corrected chi connectivity index (χ0v) is 14.1. The van der Waals surface area contributed by atoms with E-state index in [4.69, 9.17) is 4.84 Å². The van der Waals surface area contributed by atoms with Crippen LogP contribution in [0.2, 0.25) is 0 Å². The van der Waals surface area contributed by atoms with Crippen LogP contribution >= 0.6 is 0 Å². The summed E-state index contributed by atoms with van der Waals surface area (Å²) in [6.45, 7) is 6.91. The summed E-state index contributed by atoms with van der Waals surface area (Å²) >= 11 is 0. The average Bonchev–Trinajstić information content (AvgIpc) is 3.15. The van der Waals surface area contributed by atoms with Crippen LogP contribution in [0.15, 0.2) is 41.8 Å². The summed E-state index contributed by atoms with van der Waals surface area (Å²) in [5.41, 5.74) is 4.67. The lowest BCUT2D eigenvalue weighted by Gasteiger charge is -2.16. The van der Waals surface area contributed by atoms with Crippen molar-refractivity contribution in [3.63, 3.8) is 0 Å². The molecule has 0 N–H and O–H groups in total. The third kappa shape index (κ3) is 2.91. The quantitative estimate of drug-likeness (QED) is 0.868. The number of aromatic nitrogens is 2. The molecular weight excluding hydrogens is 300 g/mol. The van der Waals surface area contributed by atoms with Gasteiger partial charge >= 0.3 is 0 Å². The molecule has 1 fully saturated rings. The van der Waals surface area contributed by atoms with Crippen LogP contribution in [0.3, 0.4) is 0 Å². The standard InChI is InChI=1S/C19H22N4O/c1-3-18-20-8-14(9-21-18)10-23-11-16-17(12-23)24-22-19(16)15-6-4-5-13(2)7-15/h4-9,16-17H,3,10-12H2,1-2H3/t16-,17+/m1/s1. The minimum atomic E-state index is 0.163. The third-order valence-corrected chi connectivity index (χ3v) is 4.77. The summed E-state index contributed by atoms with van der Waals surface area (Å²) in [6, 6.07) is 8.50. The topological polar surface area (TPSA) is 50.6 Å². The van der Waals surface area contributed by atoms with Gasteiger partial charge < -0.3 is 4.84 Å². The maximum absolute atomic E-state index is 5.70. The minimum Gasteiger partial charge on any atom is -0.390 e. The fourth-order valence-corrected chi connectivity index (χ4v) is 3.52. The highest BCUT2D eigenvalue weighted by atomic mass is 16.6. The average molecular weight is 322 g/mol. The zero-order chi connectivity index (χ0) is 16.5. The lowest BCUT2D eigenvalue weighted by Crippen LogP contribution is -2.23. The second kappa shape index (κ2) is 6.32. The second-order valence-corrected chi connectivity index (χ2v) is 6.65. The monoisotopic (exact) mass is 322 g/mol. The van der Waals surface area contributed by atoms with E-state index in [0.29, 0.717) is 5.92 Å². The van der Waals surface area contributed by atoms with Gasteiger partial charge in [0.1, 0.15) is 11.9 Å². The smallest absolute Gasteiger partial charge is 0.149 e. The van der Waals surface area contributed by atoms with Gasteiger partial charge in [-0.15, -0.1) is 0 Å². The number of fused-ring (bicyclic) bond motifs is 1. The molecule has 0 spiro atoms. The van der Waals surface area contributed by atoms with Crippen LogP contribution in [0.5, 0.6) is 0 Å². The molecule has 0 amide bonds. The van der Waals surface area contributed by atoms with Crippen molar-refractivity contribution in [1.82, 2.24) is 14.9 Å². The van der Waals surface area contributed by atoms with Crippen LogP contribution < -0.4 is 0 Å². The van der Waals surface area contributed by atoms with E-state index in [1.54, 1.807) is 0 Å². The van der Waals surface area contributed by atoms with Crippen molar-refractivity contribution in [2.75, 3.05) is 13.1 Å². The van der Waals surface area contributed by atoms with Gasteiger partial charge in [-0.05, 0) is 6.92 Å². The van der Waals surface area contributed by atoms with Crippen molar-refractivity contribution in [2.45, 2.75) is 32.9 Å². The van der Waals surface area contributed by atoms with Gasteiger partial charge in [0.05, 0.1) is 11.6 Å². The van der Waals surface area contributed by atoms with E-state index >= 15 is 0 Å². The van der Waals surface area contributed by atoms with E-state index in [1.165, 1.54) is 11.1 Å². The lowest BCUT2D eigenvalue weighted by molar-refractivity contribution is 0.0745. The molecule has 24 heavy (non-hydrogen) atoms. The largest absolute Gasteiger partial charge is 0.390 e. The molecular formula is C19H22N4O. The van der Waals surface area contributed by atoms with Gasteiger partial charge in [0, 0.05) is 49.6 Å². The Hall–Kier alpha value is -2.27. The first-order valence-electron chi connectivity index (χ1n) is 8.56. The maximum atomic E-state index is 5.70. The molecule has 0 bridgehead atoms. The van der Waals surface area contributed by atoms with Crippen molar-refractivity contribution in [3.05, 3.63) is 59.2 Å². The summed E-state index contributed by atoms with van der Waals surface area (Å²) in [5.74, 6) is 1.25. The predicted octanol–water partition coefficient (Wildman–Crippen LogP) is 2.58. The van der Waals surface area contributed by atoms with Gasteiger partial charge in [-0.1, -0.05) is 41.9 Å². The Kier molecular flexibility index (Phi) is 4.02. The van der Waals surface area contributed by atoms with Gasteiger partial charge in [0.15, 0.2) is 0 Å². The van der Waals surface area contributed by atoms with E-state index in [-0.39, 0.29) is 6.10 Å². The molecule has 1 aromatic heterocycles.